The van der Waals surface area contributed by atoms with Crippen LogP contribution in [0.4, 0.5) is 0 Å². The molecule has 0 spiro atoms. The quantitative estimate of drug-likeness (QED) is 0.555. The van der Waals surface area contributed by atoms with E-state index in [1.807, 2.05) is 60.7 Å². The van der Waals surface area contributed by atoms with Gasteiger partial charge in [0.15, 0.2) is 11.5 Å². The molecule has 0 fully saturated rings. The van der Waals surface area contributed by atoms with Crippen LogP contribution in [-0.2, 0) is 13.2 Å². The molecule has 0 saturated carbocycles. The Balaban J connectivity index is 1.85. The number of aldehydes is 1. The van der Waals surface area contributed by atoms with Crippen molar-refractivity contribution >= 4 is 6.29 Å². The van der Waals surface area contributed by atoms with Crippen molar-refractivity contribution in [2.24, 2.45) is 0 Å². The summed E-state index contributed by atoms with van der Waals surface area (Å²) in [4.78, 5) is 11.2. The van der Waals surface area contributed by atoms with Crippen LogP contribution >= 0.6 is 0 Å². The van der Waals surface area contributed by atoms with Crippen molar-refractivity contribution in [1.82, 2.24) is 0 Å². The Morgan fingerprint density at radius 2 is 1.31 bits per heavy atom. The van der Waals surface area contributed by atoms with Gasteiger partial charge in [0.1, 0.15) is 19.5 Å². The number of benzene rings is 3. The lowest BCUT2D eigenvalue weighted by Gasteiger charge is -2.16. The second-order valence-corrected chi connectivity index (χ2v) is 5.72. The molecule has 0 bridgehead atoms. The second-order valence-electron chi connectivity index (χ2n) is 5.72. The highest BCUT2D eigenvalue weighted by Crippen LogP contribution is 2.39. The Morgan fingerprint density at radius 1 is 0.769 bits per heavy atom. The molecule has 0 aliphatic rings. The highest BCUT2D eigenvalue weighted by Gasteiger charge is 2.15. The van der Waals surface area contributed by atoms with Gasteiger partial charge in [0, 0.05) is 5.56 Å². The van der Waals surface area contributed by atoms with Crippen LogP contribution in [0.15, 0.2) is 72.8 Å². The van der Waals surface area contributed by atoms with Crippen LogP contribution in [0.2, 0.25) is 0 Å². The van der Waals surface area contributed by atoms with Crippen molar-refractivity contribution < 1.29 is 19.0 Å². The maximum absolute atomic E-state index is 11.2. The number of hydrogen-bond donors (Lipinski definition) is 0. The van der Waals surface area contributed by atoms with Crippen molar-refractivity contribution in [1.29, 1.82) is 0 Å². The number of carbonyl (C=O) groups is 1. The van der Waals surface area contributed by atoms with Gasteiger partial charge in [-0.3, -0.25) is 4.79 Å². The molecule has 0 aliphatic heterocycles. The molecular weight excluding hydrogens is 328 g/mol. The SMILES string of the molecule is COc1cc(C=O)cc(OCc2ccccc2)c1OCc1ccccc1. The van der Waals surface area contributed by atoms with E-state index in [2.05, 4.69) is 0 Å². The first kappa shape index (κ1) is 17.5. The molecule has 4 heteroatoms. The highest BCUT2D eigenvalue weighted by atomic mass is 16.5. The summed E-state index contributed by atoms with van der Waals surface area (Å²) in [5.41, 5.74) is 2.52. The van der Waals surface area contributed by atoms with Gasteiger partial charge in [-0.15, -0.1) is 0 Å². The minimum Gasteiger partial charge on any atom is -0.493 e. The van der Waals surface area contributed by atoms with Gasteiger partial charge in [-0.2, -0.15) is 0 Å². The maximum atomic E-state index is 11.2. The van der Waals surface area contributed by atoms with E-state index in [1.54, 1.807) is 19.2 Å². The Hall–Kier alpha value is -3.27. The predicted molar refractivity (Wildman–Crippen MR) is 99.9 cm³/mol. The minimum atomic E-state index is 0.369. The van der Waals surface area contributed by atoms with Crippen molar-refractivity contribution in [3.63, 3.8) is 0 Å². The average Bonchev–Trinajstić information content (AvgIpc) is 2.72. The largest absolute Gasteiger partial charge is 0.493 e. The van der Waals surface area contributed by atoms with Crippen LogP contribution in [0.3, 0.4) is 0 Å². The van der Waals surface area contributed by atoms with Gasteiger partial charge in [-0.05, 0) is 23.3 Å². The summed E-state index contributed by atoms with van der Waals surface area (Å²) in [6.07, 6.45) is 0.763. The van der Waals surface area contributed by atoms with E-state index < -0.39 is 0 Å². The molecule has 0 saturated heterocycles. The summed E-state index contributed by atoms with van der Waals surface area (Å²) in [6, 6.07) is 23.0. The van der Waals surface area contributed by atoms with E-state index >= 15 is 0 Å². The molecule has 0 radical (unpaired) electrons. The molecule has 0 unspecified atom stereocenters. The van der Waals surface area contributed by atoms with Gasteiger partial charge in [-0.1, -0.05) is 60.7 Å². The van der Waals surface area contributed by atoms with Crippen molar-refractivity contribution in [2.75, 3.05) is 7.11 Å². The average molecular weight is 348 g/mol. The van der Waals surface area contributed by atoms with Crippen LogP contribution < -0.4 is 14.2 Å². The molecule has 3 aromatic carbocycles. The zero-order valence-corrected chi connectivity index (χ0v) is 14.6. The summed E-state index contributed by atoms with van der Waals surface area (Å²) in [5, 5.41) is 0. The first-order valence-electron chi connectivity index (χ1n) is 8.31. The fraction of sp³-hybridized carbons (Fsp3) is 0.136. The molecule has 3 aromatic rings. The zero-order chi connectivity index (χ0) is 18.2. The van der Waals surface area contributed by atoms with Crippen LogP contribution in [0, 0.1) is 0 Å². The van der Waals surface area contributed by atoms with Crippen molar-refractivity contribution in [2.45, 2.75) is 13.2 Å². The normalized spacial score (nSPS) is 10.2. The van der Waals surface area contributed by atoms with E-state index in [0.29, 0.717) is 36.0 Å². The molecule has 0 N–H and O–H groups in total. The van der Waals surface area contributed by atoms with Gasteiger partial charge < -0.3 is 14.2 Å². The highest BCUT2D eigenvalue weighted by molar-refractivity contribution is 5.78. The third-order valence-electron chi connectivity index (χ3n) is 3.86. The first-order chi connectivity index (χ1) is 12.8. The molecule has 3 rings (SSSR count). The Kier molecular flexibility index (Phi) is 5.88. The summed E-state index contributed by atoms with van der Waals surface area (Å²) in [7, 11) is 1.54. The van der Waals surface area contributed by atoms with Crippen LogP contribution in [0.5, 0.6) is 17.2 Å². The lowest BCUT2D eigenvalue weighted by Crippen LogP contribution is -2.03. The smallest absolute Gasteiger partial charge is 0.203 e. The zero-order valence-electron chi connectivity index (χ0n) is 14.6. The number of methoxy groups -OCH3 is 1. The Morgan fingerprint density at radius 3 is 1.85 bits per heavy atom. The molecule has 4 nitrogen and oxygen atoms in total. The van der Waals surface area contributed by atoms with Crippen LogP contribution in [0.1, 0.15) is 21.5 Å². The van der Waals surface area contributed by atoms with E-state index in [9.17, 15) is 4.79 Å². The Bertz CT molecular complexity index is 845. The van der Waals surface area contributed by atoms with Crippen LogP contribution in [0.25, 0.3) is 0 Å². The summed E-state index contributed by atoms with van der Waals surface area (Å²) in [6.45, 7) is 0.743. The monoisotopic (exact) mass is 348 g/mol. The standard InChI is InChI=1S/C22H20O4/c1-24-20-12-19(14-23)13-21(25-15-17-8-4-2-5-9-17)22(20)26-16-18-10-6-3-7-11-18/h2-14H,15-16H2,1H3. The fourth-order valence-electron chi connectivity index (χ4n) is 2.53. The first-order valence-corrected chi connectivity index (χ1v) is 8.31. The van der Waals surface area contributed by atoms with E-state index in [0.717, 1.165) is 17.4 Å². The number of rotatable bonds is 8. The number of ether oxygens (including phenoxy) is 3. The molecule has 26 heavy (non-hydrogen) atoms. The maximum Gasteiger partial charge on any atom is 0.203 e. The van der Waals surface area contributed by atoms with Crippen molar-refractivity contribution in [3.8, 4) is 17.2 Å². The van der Waals surface area contributed by atoms with Gasteiger partial charge in [0.2, 0.25) is 5.75 Å². The molecular formula is C22H20O4. The van der Waals surface area contributed by atoms with E-state index in [4.69, 9.17) is 14.2 Å². The molecule has 0 aromatic heterocycles. The lowest BCUT2D eigenvalue weighted by molar-refractivity contribution is 0.112. The summed E-state index contributed by atoms with van der Waals surface area (Å²) >= 11 is 0. The number of carbonyl (C=O) groups excluding carboxylic acids is 1. The number of hydrogen-bond acceptors (Lipinski definition) is 4. The van der Waals surface area contributed by atoms with Gasteiger partial charge in [-0.25, -0.2) is 0 Å². The molecule has 0 aliphatic carbocycles. The topological polar surface area (TPSA) is 44.8 Å². The van der Waals surface area contributed by atoms with Crippen LogP contribution in [-0.4, -0.2) is 13.4 Å². The molecule has 132 valence electrons. The van der Waals surface area contributed by atoms with E-state index in [-0.39, 0.29) is 0 Å². The van der Waals surface area contributed by atoms with E-state index in [1.165, 1.54) is 0 Å². The summed E-state index contributed by atoms with van der Waals surface area (Å²) in [5.74, 6) is 1.43. The fourth-order valence-corrected chi connectivity index (χ4v) is 2.53. The summed E-state index contributed by atoms with van der Waals surface area (Å²) < 4.78 is 17.3. The molecule has 0 heterocycles. The van der Waals surface area contributed by atoms with Crippen molar-refractivity contribution in [3.05, 3.63) is 89.5 Å². The predicted octanol–water partition coefficient (Wildman–Crippen LogP) is 4.67. The Labute approximate surface area is 153 Å². The third-order valence-corrected chi connectivity index (χ3v) is 3.86. The molecule has 0 atom stereocenters. The minimum absolute atomic E-state index is 0.369. The second kappa shape index (κ2) is 8.72. The lowest BCUT2D eigenvalue weighted by atomic mass is 10.2. The molecule has 0 amide bonds. The van der Waals surface area contributed by atoms with Gasteiger partial charge in [0.05, 0.1) is 7.11 Å². The van der Waals surface area contributed by atoms with Gasteiger partial charge in [0.25, 0.3) is 0 Å². The van der Waals surface area contributed by atoms with Gasteiger partial charge >= 0.3 is 0 Å². The third kappa shape index (κ3) is 4.42.